The van der Waals surface area contributed by atoms with Gasteiger partial charge in [-0.15, -0.1) is 0 Å². The Hall–Kier alpha value is -5.44. The molecule has 0 aromatic heterocycles. The van der Waals surface area contributed by atoms with Crippen LogP contribution in [0.4, 0.5) is 0 Å². The van der Waals surface area contributed by atoms with Crippen molar-refractivity contribution < 1.29 is 66.7 Å². The van der Waals surface area contributed by atoms with Gasteiger partial charge in [0.05, 0.1) is 119 Å². The van der Waals surface area contributed by atoms with Gasteiger partial charge in [-0.05, 0) is 64.8 Å². The SMILES string of the molecule is CCOC(=O)C1=C(COCC(C)(CN)OC(=O)/C=C/C(=O)OC(C)(CN)COCC2=C(C(=O)OCC)C(c3cccc(Cl)c3Cl)C(C(=O)OC)=C(C)N2)NC(C)=C(C(=O)OC)C1c1cccc(Cl)c1Cl. The molecule has 0 radical (unpaired) electrons. The van der Waals surface area contributed by atoms with Crippen LogP contribution in [0.2, 0.25) is 20.1 Å². The average molecular weight is 1050 g/mol. The second-order valence-electron chi connectivity index (χ2n) is 16.2. The highest BCUT2D eigenvalue weighted by molar-refractivity contribution is 6.43. The van der Waals surface area contributed by atoms with Gasteiger partial charge < -0.3 is 60.0 Å². The third-order valence-electron chi connectivity index (χ3n) is 10.9. The van der Waals surface area contributed by atoms with Crippen LogP contribution in [0.3, 0.4) is 0 Å². The lowest BCUT2D eigenvalue weighted by Gasteiger charge is -2.33. The number of benzene rings is 2. The van der Waals surface area contributed by atoms with Gasteiger partial charge in [-0.2, -0.15) is 0 Å². The summed E-state index contributed by atoms with van der Waals surface area (Å²) in [6.45, 7) is 7.79. The number of methoxy groups -OCH3 is 2. The molecule has 0 bridgehead atoms. The maximum absolute atomic E-state index is 13.6. The van der Waals surface area contributed by atoms with Crippen LogP contribution < -0.4 is 22.1 Å². The van der Waals surface area contributed by atoms with Crippen LogP contribution in [0.1, 0.15) is 64.5 Å². The molecule has 4 unspecified atom stereocenters. The first-order valence-corrected chi connectivity index (χ1v) is 23.2. The lowest BCUT2D eigenvalue weighted by atomic mass is 9.80. The Kier molecular flexibility index (Phi) is 20.9. The Labute approximate surface area is 425 Å². The molecular formula is C48H56Cl4N4O14. The van der Waals surface area contributed by atoms with Crippen molar-refractivity contribution in [1.82, 2.24) is 10.6 Å². The molecule has 0 aliphatic carbocycles. The zero-order chi connectivity index (χ0) is 52.1. The van der Waals surface area contributed by atoms with Gasteiger partial charge in [0.2, 0.25) is 0 Å². The number of hydrogen-bond donors (Lipinski definition) is 4. The molecule has 0 amide bonds. The van der Waals surface area contributed by atoms with Gasteiger partial charge in [-0.3, -0.25) is 0 Å². The van der Waals surface area contributed by atoms with E-state index in [0.717, 1.165) is 12.2 Å². The maximum Gasteiger partial charge on any atom is 0.336 e. The third-order valence-corrected chi connectivity index (χ3v) is 12.6. The Morgan fingerprint density at radius 1 is 0.600 bits per heavy atom. The normalized spacial score (nSPS) is 17.8. The van der Waals surface area contributed by atoms with Gasteiger partial charge in [0, 0.05) is 36.6 Å². The number of allylic oxidation sites excluding steroid dienone is 2. The molecule has 4 atom stereocenters. The molecule has 2 aromatic rings. The molecule has 2 aliphatic rings. The van der Waals surface area contributed by atoms with Crippen LogP contribution in [0.25, 0.3) is 0 Å². The van der Waals surface area contributed by atoms with Crippen molar-refractivity contribution in [2.75, 3.05) is 67.0 Å². The van der Waals surface area contributed by atoms with E-state index in [2.05, 4.69) is 10.6 Å². The number of halogens is 4. The Morgan fingerprint density at radius 2 is 0.957 bits per heavy atom. The van der Waals surface area contributed by atoms with Crippen molar-refractivity contribution >= 4 is 82.2 Å². The van der Waals surface area contributed by atoms with Gasteiger partial charge >= 0.3 is 35.8 Å². The van der Waals surface area contributed by atoms with E-state index in [4.69, 9.17) is 95.8 Å². The number of hydrogen-bond acceptors (Lipinski definition) is 18. The number of dihydropyridines is 2. The van der Waals surface area contributed by atoms with Crippen LogP contribution >= 0.6 is 46.4 Å². The number of esters is 6. The van der Waals surface area contributed by atoms with Crippen molar-refractivity contribution in [2.45, 2.75) is 64.6 Å². The molecule has 2 heterocycles. The fourth-order valence-electron chi connectivity index (χ4n) is 7.48. The van der Waals surface area contributed by atoms with E-state index in [-0.39, 0.29) is 107 Å². The molecule has 0 saturated heterocycles. The van der Waals surface area contributed by atoms with E-state index < -0.39 is 58.9 Å². The van der Waals surface area contributed by atoms with E-state index in [9.17, 15) is 28.8 Å². The topological polar surface area (TPSA) is 252 Å². The summed E-state index contributed by atoms with van der Waals surface area (Å²) in [5.74, 6) is -7.14. The minimum atomic E-state index is -1.46. The van der Waals surface area contributed by atoms with Crippen LogP contribution in [-0.2, 0) is 66.7 Å². The molecule has 22 heteroatoms. The summed E-state index contributed by atoms with van der Waals surface area (Å²) < 4.78 is 44.1. The quantitative estimate of drug-likeness (QED) is 0.0598. The van der Waals surface area contributed by atoms with Crippen molar-refractivity contribution in [2.24, 2.45) is 11.5 Å². The summed E-state index contributed by atoms with van der Waals surface area (Å²) in [5.41, 5.74) is 11.1. The highest BCUT2D eigenvalue weighted by Crippen LogP contribution is 2.45. The molecule has 6 N–H and O–H groups in total. The van der Waals surface area contributed by atoms with Crippen molar-refractivity contribution in [1.29, 1.82) is 0 Å². The second kappa shape index (κ2) is 25.6. The van der Waals surface area contributed by atoms with Gasteiger partial charge in [0.15, 0.2) is 0 Å². The Morgan fingerprint density at radius 3 is 1.27 bits per heavy atom. The van der Waals surface area contributed by atoms with Gasteiger partial charge in [0.1, 0.15) is 11.2 Å². The fourth-order valence-corrected chi connectivity index (χ4v) is 8.31. The number of nitrogens with two attached hydrogens (primary N) is 2. The molecule has 70 heavy (non-hydrogen) atoms. The van der Waals surface area contributed by atoms with Gasteiger partial charge in [0.25, 0.3) is 0 Å². The minimum Gasteiger partial charge on any atom is -0.466 e. The molecule has 0 spiro atoms. The van der Waals surface area contributed by atoms with Crippen LogP contribution in [0, 0.1) is 0 Å². The molecule has 4 rings (SSSR count). The van der Waals surface area contributed by atoms with E-state index in [1.165, 1.54) is 28.1 Å². The molecular weight excluding hydrogens is 998 g/mol. The monoisotopic (exact) mass is 1050 g/mol. The smallest absolute Gasteiger partial charge is 0.336 e. The predicted octanol–water partition coefficient (Wildman–Crippen LogP) is 6.01. The molecule has 2 aromatic carbocycles. The van der Waals surface area contributed by atoms with Gasteiger partial charge in [-0.1, -0.05) is 70.7 Å². The second-order valence-corrected chi connectivity index (χ2v) is 17.7. The number of carbonyl (C=O) groups is 6. The van der Waals surface area contributed by atoms with E-state index in [1.54, 1.807) is 64.1 Å². The summed E-state index contributed by atoms with van der Waals surface area (Å²) in [6.07, 6.45) is 1.66. The average Bonchev–Trinajstić information content (AvgIpc) is 3.31. The lowest BCUT2D eigenvalue weighted by molar-refractivity contribution is -0.159. The predicted molar refractivity (Wildman–Crippen MR) is 259 cm³/mol. The van der Waals surface area contributed by atoms with Gasteiger partial charge in [-0.25, -0.2) is 28.8 Å². The highest BCUT2D eigenvalue weighted by atomic mass is 35.5. The largest absolute Gasteiger partial charge is 0.466 e. The number of carbonyl (C=O) groups excluding carboxylic acids is 6. The van der Waals surface area contributed by atoms with Crippen LogP contribution in [0.5, 0.6) is 0 Å². The zero-order valence-corrected chi connectivity index (χ0v) is 42.8. The standard InChI is InChI=1S/C48H56Cl4N4O14/c1-9-67-45(61)39-31(55-25(3)35(43(59)63-7)37(39)27-13-11-15-29(49)41(27)51)19-65-23-47(5,21-53)69-33(57)17-18-34(58)70-48(6,22-54)24-66-20-32-40(46(62)68-10-2)38(28-14-12-16-30(50)42(28)52)36(26(4)56-32)44(60)64-8/h11-18,37-38,55-56H,9-10,19-24,53-54H2,1-8H3/b18-17+. The first-order valence-electron chi connectivity index (χ1n) is 21.6. The van der Waals surface area contributed by atoms with Crippen molar-refractivity contribution in [3.05, 3.63) is 125 Å². The van der Waals surface area contributed by atoms with E-state index in [0.29, 0.717) is 22.5 Å². The molecule has 0 fully saturated rings. The zero-order valence-electron chi connectivity index (χ0n) is 39.8. The summed E-state index contributed by atoms with van der Waals surface area (Å²) in [7, 11) is 2.40. The number of nitrogens with one attached hydrogen (secondary N) is 2. The minimum absolute atomic E-state index is 0.00162. The Balaban J connectivity index is 1.48. The molecule has 380 valence electrons. The molecule has 0 saturated carbocycles. The van der Waals surface area contributed by atoms with E-state index in [1.807, 2.05) is 0 Å². The maximum atomic E-state index is 13.6. The third kappa shape index (κ3) is 13.7. The first kappa shape index (κ1) is 57.1. The highest BCUT2D eigenvalue weighted by Gasteiger charge is 2.42. The van der Waals surface area contributed by atoms with Crippen molar-refractivity contribution in [3.63, 3.8) is 0 Å². The van der Waals surface area contributed by atoms with Crippen molar-refractivity contribution in [3.8, 4) is 0 Å². The number of rotatable bonds is 22. The fraction of sp³-hybridized carbons (Fsp3) is 0.417. The summed E-state index contributed by atoms with van der Waals surface area (Å²) in [6, 6.07) is 9.59. The molecule has 2 aliphatic heterocycles. The lowest BCUT2D eigenvalue weighted by Crippen LogP contribution is -2.44. The summed E-state index contributed by atoms with van der Waals surface area (Å²) in [5, 5.41) is 6.68. The van der Waals surface area contributed by atoms with Crippen LogP contribution in [-0.4, -0.2) is 114 Å². The summed E-state index contributed by atoms with van der Waals surface area (Å²) in [4.78, 5) is 79.7. The van der Waals surface area contributed by atoms with Crippen LogP contribution in [0.15, 0.2) is 93.6 Å². The Bertz CT molecular complexity index is 2350. The molecule has 18 nitrogen and oxygen atoms in total. The summed E-state index contributed by atoms with van der Waals surface area (Å²) >= 11 is 26.0. The van der Waals surface area contributed by atoms with E-state index >= 15 is 0 Å². The first-order chi connectivity index (χ1) is 33.1. The number of ether oxygens (including phenoxy) is 8.